The average molecular weight is 454 g/mol. The number of carbonyl (C=O) groups is 3. The summed E-state index contributed by atoms with van der Waals surface area (Å²) in [6, 6.07) is 6.58. The molecule has 11 heteroatoms. The molecule has 0 bridgehead atoms. The molecule has 0 atom stereocenters. The molecule has 1 aromatic carbocycles. The van der Waals surface area contributed by atoms with E-state index in [2.05, 4.69) is 26.3 Å². The Morgan fingerprint density at radius 1 is 1.10 bits per heavy atom. The summed E-state index contributed by atoms with van der Waals surface area (Å²) in [4.78, 5) is 40.6. The molecule has 1 heterocycles. The van der Waals surface area contributed by atoms with Crippen molar-refractivity contribution in [2.75, 3.05) is 18.4 Å². The molecule has 0 unspecified atom stereocenters. The molecule has 0 spiro atoms. The lowest BCUT2D eigenvalue weighted by Gasteiger charge is -2.08. The van der Waals surface area contributed by atoms with Crippen LogP contribution in [0.2, 0.25) is 0 Å². The zero-order chi connectivity index (χ0) is 23.0. The quantitative estimate of drug-likeness (QED) is 0.467. The van der Waals surface area contributed by atoms with Crippen molar-refractivity contribution in [2.45, 2.75) is 39.7 Å². The van der Waals surface area contributed by atoms with Gasteiger partial charge < -0.3 is 16.0 Å². The average Bonchev–Trinajstić information content (AvgIpc) is 3.05. The molecular formula is C20H25F2N5O3S. The maximum atomic E-state index is 12.1. The van der Waals surface area contributed by atoms with Gasteiger partial charge >= 0.3 is 6.03 Å². The molecule has 0 saturated heterocycles. The standard InChI is InChI=1S/C20H25F2N5O3S/c1-11(2)25-18(29)14-6-4-13(5-7-14)17-12(3)26-20(31-17)27-19(30)23-9-8-16(28)24-10-15(21)22/h4-7,11,15H,8-10H2,1-3H3,(H,24,28)(H,25,29)(H2,23,26,27,30). The Morgan fingerprint density at radius 2 is 1.77 bits per heavy atom. The van der Waals surface area contributed by atoms with Gasteiger partial charge in [0.2, 0.25) is 5.91 Å². The van der Waals surface area contributed by atoms with E-state index in [1.54, 1.807) is 12.1 Å². The fraction of sp³-hybridized carbons (Fsp3) is 0.400. The number of halogens is 2. The van der Waals surface area contributed by atoms with Crippen molar-refractivity contribution in [3.8, 4) is 10.4 Å². The van der Waals surface area contributed by atoms with Crippen molar-refractivity contribution < 1.29 is 23.2 Å². The Balaban J connectivity index is 1.90. The zero-order valence-electron chi connectivity index (χ0n) is 17.4. The van der Waals surface area contributed by atoms with Crippen molar-refractivity contribution in [1.29, 1.82) is 0 Å². The van der Waals surface area contributed by atoms with E-state index in [-0.39, 0.29) is 24.9 Å². The van der Waals surface area contributed by atoms with Crippen molar-refractivity contribution in [3.05, 3.63) is 35.5 Å². The minimum absolute atomic E-state index is 0.00196. The molecule has 0 fully saturated rings. The number of carbonyl (C=O) groups excluding carboxylic acids is 3. The molecule has 1 aromatic heterocycles. The number of nitrogens with one attached hydrogen (secondary N) is 4. The van der Waals surface area contributed by atoms with Crippen molar-refractivity contribution in [2.24, 2.45) is 0 Å². The van der Waals surface area contributed by atoms with Gasteiger partial charge in [-0.05, 0) is 38.5 Å². The number of thiazole rings is 1. The molecule has 2 aromatic rings. The van der Waals surface area contributed by atoms with Gasteiger partial charge in [0.15, 0.2) is 5.13 Å². The summed E-state index contributed by atoms with van der Waals surface area (Å²) in [5.41, 5.74) is 2.13. The number of rotatable bonds is 9. The lowest BCUT2D eigenvalue weighted by atomic mass is 10.1. The Kier molecular flexibility index (Phi) is 8.86. The fourth-order valence-corrected chi connectivity index (χ4v) is 3.51. The largest absolute Gasteiger partial charge is 0.350 e. The molecule has 0 saturated carbocycles. The Labute approximate surface area is 182 Å². The van der Waals surface area contributed by atoms with E-state index in [9.17, 15) is 23.2 Å². The van der Waals surface area contributed by atoms with Crippen LogP contribution in [0.25, 0.3) is 10.4 Å². The first-order chi connectivity index (χ1) is 14.7. The summed E-state index contributed by atoms with van der Waals surface area (Å²) >= 11 is 1.27. The monoisotopic (exact) mass is 453 g/mol. The maximum absolute atomic E-state index is 12.1. The minimum Gasteiger partial charge on any atom is -0.350 e. The molecule has 2 rings (SSSR count). The van der Waals surface area contributed by atoms with E-state index in [1.165, 1.54) is 11.3 Å². The van der Waals surface area contributed by atoms with Crippen LogP contribution in [0.4, 0.5) is 18.7 Å². The highest BCUT2D eigenvalue weighted by Gasteiger charge is 2.14. The number of aromatic nitrogens is 1. The van der Waals surface area contributed by atoms with Crippen LogP contribution < -0.4 is 21.3 Å². The lowest BCUT2D eigenvalue weighted by Crippen LogP contribution is -2.34. The normalized spacial score (nSPS) is 10.8. The van der Waals surface area contributed by atoms with E-state index in [1.807, 2.05) is 32.9 Å². The van der Waals surface area contributed by atoms with Gasteiger partial charge in [-0.2, -0.15) is 0 Å². The van der Waals surface area contributed by atoms with Gasteiger partial charge in [-0.15, -0.1) is 0 Å². The molecular weight excluding hydrogens is 428 g/mol. The summed E-state index contributed by atoms with van der Waals surface area (Å²) in [5, 5.41) is 10.3. The first kappa shape index (κ1) is 24.2. The number of aryl methyl sites for hydroxylation is 1. The van der Waals surface area contributed by atoms with Crippen LogP contribution in [0.5, 0.6) is 0 Å². The van der Waals surface area contributed by atoms with E-state index in [0.717, 1.165) is 10.4 Å². The number of benzene rings is 1. The highest BCUT2D eigenvalue weighted by Crippen LogP contribution is 2.32. The Bertz CT molecular complexity index is 916. The fourth-order valence-electron chi connectivity index (χ4n) is 2.55. The van der Waals surface area contributed by atoms with Crippen molar-refractivity contribution >= 4 is 34.3 Å². The van der Waals surface area contributed by atoms with Gasteiger partial charge in [-0.25, -0.2) is 18.6 Å². The van der Waals surface area contributed by atoms with E-state index >= 15 is 0 Å². The molecule has 0 aliphatic carbocycles. The molecule has 0 aliphatic rings. The summed E-state index contributed by atoms with van der Waals surface area (Å²) in [5.74, 6) is -0.719. The molecule has 0 aliphatic heterocycles. The second-order valence-electron chi connectivity index (χ2n) is 6.97. The molecule has 8 nitrogen and oxygen atoms in total. The van der Waals surface area contributed by atoms with Gasteiger partial charge in [-0.1, -0.05) is 23.5 Å². The molecule has 31 heavy (non-hydrogen) atoms. The SMILES string of the molecule is Cc1nc(NC(=O)NCCC(=O)NCC(F)F)sc1-c1ccc(C(=O)NC(C)C)cc1. The van der Waals surface area contributed by atoms with Gasteiger partial charge in [0.05, 0.1) is 17.1 Å². The van der Waals surface area contributed by atoms with Crippen LogP contribution in [-0.2, 0) is 4.79 Å². The number of anilines is 1. The van der Waals surface area contributed by atoms with Crippen LogP contribution in [0.3, 0.4) is 0 Å². The second kappa shape index (κ2) is 11.3. The third-order valence-corrected chi connectivity index (χ3v) is 5.06. The summed E-state index contributed by atoms with van der Waals surface area (Å²) in [7, 11) is 0. The first-order valence-electron chi connectivity index (χ1n) is 9.64. The van der Waals surface area contributed by atoms with E-state index in [0.29, 0.717) is 16.4 Å². The summed E-state index contributed by atoms with van der Waals surface area (Å²) < 4.78 is 24.1. The predicted molar refractivity (Wildman–Crippen MR) is 116 cm³/mol. The number of alkyl halides is 2. The molecule has 4 N–H and O–H groups in total. The number of amides is 4. The van der Waals surface area contributed by atoms with Crippen molar-refractivity contribution in [3.63, 3.8) is 0 Å². The number of hydrogen-bond donors (Lipinski definition) is 4. The highest BCUT2D eigenvalue weighted by molar-refractivity contribution is 7.19. The smallest absolute Gasteiger partial charge is 0.321 e. The van der Waals surface area contributed by atoms with Crippen molar-refractivity contribution in [1.82, 2.24) is 20.9 Å². The van der Waals surface area contributed by atoms with Crippen LogP contribution in [-0.4, -0.2) is 48.4 Å². The third kappa shape index (κ3) is 7.93. The highest BCUT2D eigenvalue weighted by atomic mass is 32.1. The van der Waals surface area contributed by atoms with Gasteiger partial charge in [0, 0.05) is 24.6 Å². The molecule has 4 amide bonds. The van der Waals surface area contributed by atoms with Gasteiger partial charge in [0.25, 0.3) is 12.3 Å². The van der Waals surface area contributed by atoms with Crippen LogP contribution in [0.15, 0.2) is 24.3 Å². The number of urea groups is 1. The Hall–Kier alpha value is -3.08. The Morgan fingerprint density at radius 3 is 2.39 bits per heavy atom. The van der Waals surface area contributed by atoms with E-state index in [4.69, 9.17) is 0 Å². The van der Waals surface area contributed by atoms with Crippen LogP contribution >= 0.6 is 11.3 Å². The predicted octanol–water partition coefficient (Wildman–Crippen LogP) is 3.15. The minimum atomic E-state index is -2.61. The van der Waals surface area contributed by atoms with Gasteiger partial charge in [0.1, 0.15) is 0 Å². The first-order valence-corrected chi connectivity index (χ1v) is 10.5. The molecule has 168 valence electrons. The zero-order valence-corrected chi connectivity index (χ0v) is 18.2. The lowest BCUT2D eigenvalue weighted by molar-refractivity contribution is -0.121. The number of nitrogens with zero attached hydrogens (tertiary/aromatic N) is 1. The summed E-state index contributed by atoms with van der Waals surface area (Å²) in [6.45, 7) is 4.87. The topological polar surface area (TPSA) is 112 Å². The van der Waals surface area contributed by atoms with E-state index < -0.39 is 24.9 Å². The second-order valence-corrected chi connectivity index (χ2v) is 7.96. The maximum Gasteiger partial charge on any atom is 0.321 e. The van der Waals surface area contributed by atoms with Gasteiger partial charge in [-0.3, -0.25) is 14.9 Å². The molecule has 0 radical (unpaired) electrons. The third-order valence-electron chi connectivity index (χ3n) is 3.94. The van der Waals surface area contributed by atoms with Crippen LogP contribution in [0, 0.1) is 6.92 Å². The van der Waals surface area contributed by atoms with Crippen LogP contribution in [0.1, 0.15) is 36.3 Å². The number of hydrogen-bond acceptors (Lipinski definition) is 5. The summed E-state index contributed by atoms with van der Waals surface area (Å²) in [6.07, 6.45) is -2.73.